The van der Waals surface area contributed by atoms with Crippen LogP contribution in [0.4, 0.5) is 0 Å². The summed E-state index contributed by atoms with van der Waals surface area (Å²) in [6, 6.07) is 4.17. The van der Waals surface area contributed by atoms with Gasteiger partial charge in [0.05, 0.1) is 0 Å². The molecule has 0 saturated carbocycles. The van der Waals surface area contributed by atoms with Crippen LogP contribution in [0.5, 0.6) is 5.75 Å². The van der Waals surface area contributed by atoms with E-state index in [4.69, 9.17) is 5.73 Å². The molecule has 0 atom stereocenters. The predicted octanol–water partition coefficient (Wildman–Crippen LogP) is 4.09. The van der Waals surface area contributed by atoms with Gasteiger partial charge >= 0.3 is 0 Å². The number of phenols is 1. The van der Waals surface area contributed by atoms with Crippen molar-refractivity contribution in [1.82, 2.24) is 9.80 Å². The van der Waals surface area contributed by atoms with E-state index in [0.29, 0.717) is 12.3 Å². The van der Waals surface area contributed by atoms with Crippen LogP contribution in [0.2, 0.25) is 0 Å². The van der Waals surface area contributed by atoms with Crippen LogP contribution in [-0.4, -0.2) is 41.1 Å². The molecule has 1 aromatic rings. The maximum atomic E-state index is 10.9. The molecule has 0 aromatic heterocycles. The van der Waals surface area contributed by atoms with E-state index in [1.165, 1.54) is 0 Å². The Labute approximate surface area is 155 Å². The third kappa shape index (κ3) is 7.35. The van der Waals surface area contributed by atoms with E-state index in [-0.39, 0.29) is 0 Å². The van der Waals surface area contributed by atoms with E-state index in [9.17, 15) is 5.11 Å². The molecule has 144 valence electrons. The first-order valence-corrected chi connectivity index (χ1v) is 10.1. The lowest BCUT2D eigenvalue weighted by atomic mass is 10.0. The first kappa shape index (κ1) is 21.9. The number of hydrogen-bond acceptors (Lipinski definition) is 4. The summed E-state index contributed by atoms with van der Waals surface area (Å²) in [5, 5.41) is 10.9. The van der Waals surface area contributed by atoms with E-state index in [1.807, 2.05) is 0 Å². The van der Waals surface area contributed by atoms with Crippen LogP contribution >= 0.6 is 0 Å². The Hall–Kier alpha value is -1.10. The van der Waals surface area contributed by atoms with Gasteiger partial charge in [-0.3, -0.25) is 9.80 Å². The first-order chi connectivity index (χ1) is 12.1. The molecule has 0 bridgehead atoms. The van der Waals surface area contributed by atoms with Gasteiger partial charge in [-0.15, -0.1) is 0 Å². The van der Waals surface area contributed by atoms with E-state index < -0.39 is 0 Å². The van der Waals surface area contributed by atoms with Crippen LogP contribution in [0.3, 0.4) is 0 Å². The van der Waals surface area contributed by atoms with Gasteiger partial charge in [-0.05, 0) is 69.6 Å². The molecule has 25 heavy (non-hydrogen) atoms. The van der Waals surface area contributed by atoms with E-state index >= 15 is 0 Å². The van der Waals surface area contributed by atoms with Gasteiger partial charge in [0, 0.05) is 30.8 Å². The molecule has 0 aliphatic carbocycles. The predicted molar refractivity (Wildman–Crippen MR) is 108 cm³/mol. The molecule has 0 aliphatic heterocycles. The highest BCUT2D eigenvalue weighted by Crippen LogP contribution is 2.27. The lowest BCUT2D eigenvalue weighted by molar-refractivity contribution is 0.255. The summed E-state index contributed by atoms with van der Waals surface area (Å²) in [6.07, 6.45) is 4.52. The van der Waals surface area contributed by atoms with Gasteiger partial charge in [0.2, 0.25) is 0 Å². The van der Waals surface area contributed by atoms with Crippen molar-refractivity contribution in [2.45, 2.75) is 73.0 Å². The Morgan fingerprint density at radius 3 is 1.40 bits per heavy atom. The molecule has 0 radical (unpaired) electrons. The molecule has 0 spiro atoms. The van der Waals surface area contributed by atoms with Crippen molar-refractivity contribution in [3.05, 3.63) is 28.8 Å². The van der Waals surface area contributed by atoms with Crippen LogP contribution in [0, 0.1) is 0 Å². The minimum Gasteiger partial charge on any atom is -0.507 e. The summed E-state index contributed by atoms with van der Waals surface area (Å²) in [6.45, 7) is 15.2. The number of nitrogens with zero attached hydrogens (tertiary/aromatic N) is 2. The molecular weight excluding hydrogens is 310 g/mol. The van der Waals surface area contributed by atoms with Crippen LogP contribution < -0.4 is 5.73 Å². The minimum absolute atomic E-state index is 0.464. The summed E-state index contributed by atoms with van der Waals surface area (Å²) in [4.78, 5) is 4.85. The molecule has 0 amide bonds. The summed E-state index contributed by atoms with van der Waals surface area (Å²) in [7, 11) is 0. The van der Waals surface area contributed by atoms with Gasteiger partial charge in [-0.1, -0.05) is 27.7 Å². The molecule has 0 heterocycles. The fourth-order valence-corrected chi connectivity index (χ4v) is 3.48. The Morgan fingerprint density at radius 2 is 1.12 bits per heavy atom. The highest BCUT2D eigenvalue weighted by atomic mass is 16.3. The van der Waals surface area contributed by atoms with Crippen molar-refractivity contribution in [2.24, 2.45) is 5.73 Å². The van der Waals surface area contributed by atoms with Crippen molar-refractivity contribution in [1.29, 1.82) is 0 Å². The fraction of sp³-hybridized carbons (Fsp3) is 0.714. The second-order valence-corrected chi connectivity index (χ2v) is 7.02. The van der Waals surface area contributed by atoms with E-state index in [0.717, 1.165) is 81.6 Å². The highest BCUT2D eigenvalue weighted by Gasteiger charge is 2.15. The first-order valence-electron chi connectivity index (χ1n) is 10.1. The van der Waals surface area contributed by atoms with E-state index in [2.05, 4.69) is 49.6 Å². The molecule has 3 N–H and O–H groups in total. The number of nitrogens with two attached hydrogens (primary N) is 1. The van der Waals surface area contributed by atoms with Crippen molar-refractivity contribution in [2.75, 3.05) is 26.2 Å². The molecule has 0 saturated heterocycles. The van der Waals surface area contributed by atoms with Crippen molar-refractivity contribution >= 4 is 0 Å². The van der Waals surface area contributed by atoms with Gasteiger partial charge in [0.15, 0.2) is 0 Å². The quantitative estimate of drug-likeness (QED) is 0.563. The molecule has 0 aliphatic rings. The van der Waals surface area contributed by atoms with Gasteiger partial charge < -0.3 is 10.8 Å². The van der Waals surface area contributed by atoms with Crippen molar-refractivity contribution < 1.29 is 5.11 Å². The van der Waals surface area contributed by atoms with Gasteiger partial charge in [-0.25, -0.2) is 0 Å². The number of benzene rings is 1. The minimum atomic E-state index is 0.464. The Balaban J connectivity index is 3.05. The molecular formula is C21H39N3O. The van der Waals surface area contributed by atoms with Crippen LogP contribution in [0.15, 0.2) is 12.1 Å². The molecule has 0 fully saturated rings. The fourth-order valence-electron chi connectivity index (χ4n) is 3.48. The Kier molecular flexibility index (Phi) is 10.8. The molecule has 4 heteroatoms. The van der Waals surface area contributed by atoms with Crippen molar-refractivity contribution in [3.63, 3.8) is 0 Å². The molecule has 0 unspecified atom stereocenters. The Morgan fingerprint density at radius 1 is 0.760 bits per heavy atom. The van der Waals surface area contributed by atoms with Crippen LogP contribution in [0.25, 0.3) is 0 Å². The standard InChI is InChI=1S/C21H39N3O/c1-5-9-23(10-6-2)16-19-13-18(15-22)14-20(21(19)25)17-24(11-7-3)12-8-4/h13-14,25H,5-12,15-17,22H2,1-4H3. The van der Waals surface area contributed by atoms with Crippen LogP contribution in [-0.2, 0) is 19.6 Å². The zero-order chi connectivity index (χ0) is 18.7. The van der Waals surface area contributed by atoms with Gasteiger partial charge in [0.25, 0.3) is 0 Å². The molecule has 1 rings (SSSR count). The maximum absolute atomic E-state index is 10.9. The van der Waals surface area contributed by atoms with Crippen molar-refractivity contribution in [3.8, 4) is 5.75 Å². The normalized spacial score (nSPS) is 11.6. The average Bonchev–Trinajstić information content (AvgIpc) is 2.59. The van der Waals surface area contributed by atoms with Gasteiger partial charge in [-0.2, -0.15) is 0 Å². The van der Waals surface area contributed by atoms with Gasteiger partial charge in [0.1, 0.15) is 5.75 Å². The number of hydrogen-bond donors (Lipinski definition) is 2. The highest BCUT2D eigenvalue weighted by molar-refractivity contribution is 5.44. The van der Waals surface area contributed by atoms with E-state index in [1.54, 1.807) is 0 Å². The largest absolute Gasteiger partial charge is 0.507 e. The summed E-state index contributed by atoms with van der Waals surface area (Å²) in [5.41, 5.74) is 9.08. The zero-order valence-corrected chi connectivity index (χ0v) is 16.9. The third-order valence-electron chi connectivity index (χ3n) is 4.51. The summed E-state index contributed by atoms with van der Waals surface area (Å²) < 4.78 is 0. The number of rotatable bonds is 13. The SMILES string of the molecule is CCCN(CCC)Cc1cc(CN)cc(CN(CCC)CCC)c1O. The molecule has 4 nitrogen and oxygen atoms in total. The van der Waals surface area contributed by atoms with Crippen LogP contribution in [0.1, 0.15) is 70.1 Å². The summed E-state index contributed by atoms with van der Waals surface area (Å²) in [5.74, 6) is 0.464. The lowest BCUT2D eigenvalue weighted by Crippen LogP contribution is -2.26. The topological polar surface area (TPSA) is 52.7 Å². The molecule has 1 aromatic carbocycles. The third-order valence-corrected chi connectivity index (χ3v) is 4.51. The monoisotopic (exact) mass is 349 g/mol. The maximum Gasteiger partial charge on any atom is 0.124 e. The smallest absolute Gasteiger partial charge is 0.124 e. The number of aromatic hydroxyl groups is 1. The average molecular weight is 350 g/mol. The summed E-state index contributed by atoms with van der Waals surface area (Å²) >= 11 is 0. The second-order valence-electron chi connectivity index (χ2n) is 7.02. The zero-order valence-electron chi connectivity index (χ0n) is 16.9. The Bertz CT molecular complexity index is 439. The lowest BCUT2D eigenvalue weighted by Gasteiger charge is -2.25. The number of phenolic OH excluding ortho intramolecular Hbond substituents is 1. The second kappa shape index (κ2) is 12.3.